The van der Waals surface area contributed by atoms with Gasteiger partial charge < -0.3 is 4.42 Å². The lowest BCUT2D eigenvalue weighted by Crippen LogP contribution is -1.93. The minimum absolute atomic E-state index is 0.597. The summed E-state index contributed by atoms with van der Waals surface area (Å²) in [5.74, 6) is 0. The number of hydrogen-bond donors (Lipinski definition) is 0. The van der Waals surface area contributed by atoms with E-state index in [0.717, 1.165) is 55.3 Å². The van der Waals surface area contributed by atoms with Gasteiger partial charge >= 0.3 is 0 Å². The Morgan fingerprint density at radius 3 is 2.05 bits per heavy atom. The number of hydrogen-bond acceptors (Lipinski definition) is 4. The van der Waals surface area contributed by atoms with Gasteiger partial charge in [0.05, 0.1) is 17.2 Å². The summed E-state index contributed by atoms with van der Waals surface area (Å²) in [5, 5.41) is 24.5. The molecule has 0 aliphatic carbocycles. The summed E-state index contributed by atoms with van der Waals surface area (Å²) in [5.41, 5.74) is 8.25. The topological polar surface area (TPSA) is 60.7 Å². The molecule has 0 amide bonds. The van der Waals surface area contributed by atoms with Gasteiger partial charge in [-0.3, -0.25) is 0 Å². The number of fused-ring (bicyclic) bond motifs is 6. The minimum atomic E-state index is 0.597. The van der Waals surface area contributed by atoms with Gasteiger partial charge in [0.25, 0.3) is 0 Å². The lowest BCUT2D eigenvalue weighted by atomic mass is 9.87. The van der Waals surface area contributed by atoms with E-state index in [2.05, 4.69) is 78.9 Å². The molecular weight excluding hydrogens is 532 g/mol. The Morgan fingerprint density at radius 2 is 1.21 bits per heavy atom. The van der Waals surface area contributed by atoms with Crippen LogP contribution in [0.1, 0.15) is 11.1 Å². The summed E-state index contributed by atoms with van der Waals surface area (Å²) in [7, 11) is 0. The van der Waals surface area contributed by atoms with E-state index in [1.54, 1.807) is 11.3 Å². The number of benzene rings is 6. The average Bonchev–Trinajstić information content (AvgIpc) is 3.62. The van der Waals surface area contributed by atoms with Crippen molar-refractivity contribution in [3.63, 3.8) is 0 Å². The summed E-state index contributed by atoms with van der Waals surface area (Å²) in [6.45, 7) is 0. The van der Waals surface area contributed by atoms with Gasteiger partial charge in [-0.05, 0) is 65.2 Å². The maximum absolute atomic E-state index is 10.7. The first-order valence-corrected chi connectivity index (χ1v) is 14.4. The van der Waals surface area contributed by atoms with Crippen LogP contribution in [0.2, 0.25) is 0 Å². The van der Waals surface area contributed by atoms with Crippen LogP contribution < -0.4 is 0 Å². The molecule has 0 spiro atoms. The minimum Gasteiger partial charge on any atom is -0.455 e. The summed E-state index contributed by atoms with van der Waals surface area (Å²) < 4.78 is 8.87. The van der Waals surface area contributed by atoms with Crippen molar-refractivity contribution in [2.24, 2.45) is 0 Å². The molecule has 2 heterocycles. The van der Waals surface area contributed by atoms with E-state index in [9.17, 15) is 10.5 Å². The molecule has 8 rings (SSSR count). The second-order valence-electron chi connectivity index (χ2n) is 10.3. The van der Waals surface area contributed by atoms with Crippen LogP contribution in [0, 0.1) is 22.7 Å². The number of nitriles is 2. The van der Waals surface area contributed by atoms with Gasteiger partial charge in [-0.25, -0.2) is 0 Å². The number of furan rings is 1. The lowest BCUT2D eigenvalue weighted by Gasteiger charge is -2.15. The second kappa shape index (κ2) is 9.46. The van der Waals surface area contributed by atoms with Gasteiger partial charge in [-0.2, -0.15) is 10.5 Å². The zero-order valence-corrected chi connectivity index (χ0v) is 23.1. The molecule has 0 bridgehead atoms. The highest BCUT2D eigenvalue weighted by Crippen LogP contribution is 2.43. The van der Waals surface area contributed by atoms with E-state index >= 15 is 0 Å². The zero-order chi connectivity index (χ0) is 28.2. The Morgan fingerprint density at radius 1 is 0.500 bits per heavy atom. The van der Waals surface area contributed by atoms with E-state index < -0.39 is 0 Å². The highest BCUT2D eigenvalue weighted by Gasteiger charge is 2.20. The molecule has 8 aromatic rings. The largest absolute Gasteiger partial charge is 0.455 e. The Kier molecular flexibility index (Phi) is 5.44. The molecule has 3 nitrogen and oxygen atoms in total. The van der Waals surface area contributed by atoms with Crippen molar-refractivity contribution >= 4 is 53.4 Å². The van der Waals surface area contributed by atoms with Crippen molar-refractivity contribution in [1.29, 1.82) is 10.5 Å². The molecule has 42 heavy (non-hydrogen) atoms. The van der Waals surface area contributed by atoms with Crippen LogP contribution in [0.5, 0.6) is 0 Å². The summed E-state index contributed by atoms with van der Waals surface area (Å²) in [6, 6.07) is 45.6. The van der Waals surface area contributed by atoms with Crippen molar-refractivity contribution in [1.82, 2.24) is 0 Å². The molecule has 4 heteroatoms. The maximum atomic E-state index is 10.7. The number of nitrogens with zero attached hydrogens (tertiary/aromatic N) is 2. The van der Waals surface area contributed by atoms with E-state index in [-0.39, 0.29) is 0 Å². The first-order chi connectivity index (χ1) is 20.7. The fourth-order valence-corrected chi connectivity index (χ4v) is 7.05. The molecule has 0 aliphatic rings. The first kappa shape index (κ1) is 24.1. The smallest absolute Gasteiger partial charge is 0.143 e. The lowest BCUT2D eigenvalue weighted by molar-refractivity contribution is 0.670. The number of para-hydroxylation sites is 2. The van der Waals surface area contributed by atoms with Gasteiger partial charge in [-0.15, -0.1) is 11.3 Å². The first-order valence-electron chi connectivity index (χ1n) is 13.6. The van der Waals surface area contributed by atoms with Gasteiger partial charge in [0.15, 0.2) is 0 Å². The van der Waals surface area contributed by atoms with Gasteiger partial charge in [0, 0.05) is 47.6 Å². The SMILES string of the molecule is N#Cc1ccc(-c2cc(-c3ccc4sc5ccccc5c4c3)c(C#N)c(-c3cccc4c3oc3ccccc34)c2)cc1. The molecule has 6 aromatic carbocycles. The third-order valence-electron chi connectivity index (χ3n) is 7.98. The van der Waals surface area contributed by atoms with Crippen LogP contribution in [-0.2, 0) is 0 Å². The van der Waals surface area contributed by atoms with Gasteiger partial charge in [-0.1, -0.05) is 72.8 Å². The molecule has 0 saturated heterocycles. The Hall–Kier alpha value is -5.68. The second-order valence-corrected chi connectivity index (χ2v) is 11.4. The maximum Gasteiger partial charge on any atom is 0.143 e. The predicted molar refractivity (Wildman–Crippen MR) is 172 cm³/mol. The molecule has 2 aromatic heterocycles. The van der Waals surface area contributed by atoms with E-state index in [0.29, 0.717) is 11.1 Å². The summed E-state index contributed by atoms with van der Waals surface area (Å²) in [6.07, 6.45) is 0. The van der Waals surface area contributed by atoms with Crippen molar-refractivity contribution in [3.8, 4) is 45.5 Å². The van der Waals surface area contributed by atoms with Crippen LogP contribution in [0.4, 0.5) is 0 Å². The van der Waals surface area contributed by atoms with Crippen LogP contribution >= 0.6 is 11.3 Å². The highest BCUT2D eigenvalue weighted by molar-refractivity contribution is 7.25. The third-order valence-corrected chi connectivity index (χ3v) is 9.13. The predicted octanol–water partition coefficient (Wildman–Crippen LogP) is 10.7. The molecule has 0 saturated carbocycles. The van der Waals surface area contributed by atoms with Crippen LogP contribution in [0.3, 0.4) is 0 Å². The van der Waals surface area contributed by atoms with Crippen LogP contribution in [0.15, 0.2) is 126 Å². The molecular formula is C38H20N2OS. The van der Waals surface area contributed by atoms with E-state index in [4.69, 9.17) is 4.42 Å². The molecule has 0 atom stereocenters. The average molecular weight is 553 g/mol. The monoisotopic (exact) mass is 552 g/mol. The Balaban J connectivity index is 1.44. The third kappa shape index (κ3) is 3.71. The normalized spacial score (nSPS) is 11.3. The van der Waals surface area contributed by atoms with Crippen LogP contribution in [-0.4, -0.2) is 0 Å². The number of thiophene rings is 1. The highest BCUT2D eigenvalue weighted by atomic mass is 32.1. The Bertz CT molecular complexity index is 2430. The van der Waals surface area contributed by atoms with Crippen molar-refractivity contribution in [3.05, 3.63) is 132 Å². The molecule has 0 radical (unpaired) electrons. The van der Waals surface area contributed by atoms with Crippen molar-refractivity contribution in [2.45, 2.75) is 0 Å². The molecule has 0 aliphatic heterocycles. The molecule has 0 N–H and O–H groups in total. The fourth-order valence-electron chi connectivity index (χ4n) is 5.96. The molecule has 0 fully saturated rings. The summed E-state index contributed by atoms with van der Waals surface area (Å²) >= 11 is 1.78. The van der Waals surface area contributed by atoms with E-state index in [1.807, 2.05) is 54.6 Å². The molecule has 194 valence electrons. The Labute approximate surface area is 245 Å². The van der Waals surface area contributed by atoms with Gasteiger partial charge in [0.1, 0.15) is 17.2 Å². The van der Waals surface area contributed by atoms with Crippen molar-refractivity contribution in [2.75, 3.05) is 0 Å². The van der Waals surface area contributed by atoms with Crippen molar-refractivity contribution < 1.29 is 4.42 Å². The number of rotatable bonds is 3. The standard InChI is InChI=1S/C38H20N2OS/c39-21-23-12-14-24(15-13-23)26-19-31(25-16-17-37-33(18-25)28-7-2-4-11-36(28)42-37)34(22-40)32(20-26)30-9-5-8-29-27-6-1-3-10-35(27)41-38(29)30/h1-20H. The summed E-state index contributed by atoms with van der Waals surface area (Å²) in [4.78, 5) is 0. The fraction of sp³-hybridized carbons (Fsp3) is 0. The van der Waals surface area contributed by atoms with Gasteiger partial charge in [0.2, 0.25) is 0 Å². The van der Waals surface area contributed by atoms with Crippen LogP contribution in [0.25, 0.3) is 75.5 Å². The molecule has 0 unspecified atom stereocenters. The quantitative estimate of drug-likeness (QED) is 0.219. The van der Waals surface area contributed by atoms with E-state index in [1.165, 1.54) is 20.2 Å². The zero-order valence-electron chi connectivity index (χ0n) is 22.3.